The van der Waals surface area contributed by atoms with Crippen molar-refractivity contribution in [1.82, 2.24) is 15.2 Å². The summed E-state index contributed by atoms with van der Waals surface area (Å²) in [6, 6.07) is 6.19. The van der Waals surface area contributed by atoms with Crippen molar-refractivity contribution < 1.29 is 14.7 Å². The maximum atomic E-state index is 12.4. The Bertz CT molecular complexity index is 737. The lowest BCUT2D eigenvalue weighted by Gasteiger charge is -2.36. The van der Waals surface area contributed by atoms with Crippen LogP contribution in [0.25, 0.3) is 0 Å². The molecule has 24 heavy (non-hydrogen) atoms. The van der Waals surface area contributed by atoms with Crippen LogP contribution in [-0.2, 0) is 0 Å². The molecule has 2 aromatic heterocycles. The zero-order chi connectivity index (χ0) is 17.1. The van der Waals surface area contributed by atoms with Crippen molar-refractivity contribution in [3.8, 4) is 0 Å². The van der Waals surface area contributed by atoms with E-state index in [1.807, 2.05) is 0 Å². The van der Waals surface area contributed by atoms with Gasteiger partial charge in [0.2, 0.25) is 0 Å². The Balaban J connectivity index is 1.59. The van der Waals surface area contributed by atoms with Gasteiger partial charge < -0.3 is 15.3 Å². The van der Waals surface area contributed by atoms with Crippen LogP contribution in [0.1, 0.15) is 26.5 Å². The molecule has 2 atom stereocenters. The van der Waals surface area contributed by atoms with E-state index in [0.29, 0.717) is 27.7 Å². The van der Waals surface area contributed by atoms with Crippen molar-refractivity contribution in [2.24, 2.45) is 0 Å². The van der Waals surface area contributed by atoms with E-state index in [-0.39, 0.29) is 24.4 Å². The first-order valence-corrected chi connectivity index (χ1v) is 8.67. The first-order chi connectivity index (χ1) is 11.5. The summed E-state index contributed by atoms with van der Waals surface area (Å²) in [4.78, 5) is 30.5. The molecule has 1 aliphatic rings. The molecule has 126 valence electrons. The average molecular weight is 366 g/mol. The van der Waals surface area contributed by atoms with Gasteiger partial charge in [-0.3, -0.25) is 14.6 Å². The number of thiophene rings is 1. The normalized spacial score (nSPS) is 20.7. The Morgan fingerprint density at radius 2 is 2.04 bits per heavy atom. The lowest BCUT2D eigenvalue weighted by molar-refractivity contribution is 0.0317. The Labute approximate surface area is 148 Å². The Hall–Kier alpha value is -1.96. The van der Waals surface area contributed by atoms with Gasteiger partial charge in [-0.2, -0.15) is 0 Å². The second-order valence-corrected chi connectivity index (χ2v) is 7.24. The van der Waals surface area contributed by atoms with E-state index in [9.17, 15) is 14.7 Å². The highest BCUT2D eigenvalue weighted by molar-refractivity contribution is 7.17. The third-order valence-electron chi connectivity index (χ3n) is 3.91. The third kappa shape index (κ3) is 3.75. The number of hydrogen-bond donors (Lipinski definition) is 2. The van der Waals surface area contributed by atoms with Gasteiger partial charge >= 0.3 is 0 Å². The molecular weight excluding hydrogens is 350 g/mol. The molecule has 1 fully saturated rings. The summed E-state index contributed by atoms with van der Waals surface area (Å²) in [6.07, 6.45) is 2.75. The lowest BCUT2D eigenvalue weighted by atomic mass is 10.0. The maximum Gasteiger partial charge on any atom is 0.264 e. The number of aromatic nitrogens is 1. The lowest BCUT2D eigenvalue weighted by Crippen LogP contribution is -2.55. The first kappa shape index (κ1) is 16.9. The fourth-order valence-corrected chi connectivity index (χ4v) is 3.64. The van der Waals surface area contributed by atoms with Gasteiger partial charge in [0.1, 0.15) is 0 Å². The molecule has 1 saturated heterocycles. The smallest absolute Gasteiger partial charge is 0.264 e. The Morgan fingerprint density at radius 1 is 1.29 bits per heavy atom. The van der Waals surface area contributed by atoms with Crippen LogP contribution >= 0.6 is 22.9 Å². The fraction of sp³-hybridized carbons (Fsp3) is 0.312. The minimum Gasteiger partial charge on any atom is -0.389 e. The van der Waals surface area contributed by atoms with Crippen molar-refractivity contribution in [1.29, 1.82) is 0 Å². The van der Waals surface area contributed by atoms with E-state index in [0.717, 1.165) is 0 Å². The number of aliphatic hydroxyl groups is 1. The molecule has 0 saturated carbocycles. The van der Waals surface area contributed by atoms with Gasteiger partial charge in [-0.25, -0.2) is 0 Å². The van der Waals surface area contributed by atoms with E-state index >= 15 is 0 Å². The number of pyridine rings is 1. The largest absolute Gasteiger partial charge is 0.389 e. The van der Waals surface area contributed by atoms with Crippen molar-refractivity contribution in [3.63, 3.8) is 0 Å². The summed E-state index contributed by atoms with van der Waals surface area (Å²) in [5.41, 5.74) is 0.490. The molecule has 0 spiro atoms. The van der Waals surface area contributed by atoms with Crippen LogP contribution in [0.4, 0.5) is 0 Å². The second-order valence-electron chi connectivity index (χ2n) is 5.53. The molecule has 3 heterocycles. The molecule has 0 radical (unpaired) electrons. The van der Waals surface area contributed by atoms with Crippen LogP contribution in [-0.4, -0.2) is 52.0 Å². The monoisotopic (exact) mass is 365 g/mol. The SMILES string of the molecule is O=C(NC1CCN(C(=O)c2ccc(Cl)s2)CC1O)c1ccncc1. The first-order valence-electron chi connectivity index (χ1n) is 7.48. The predicted octanol–water partition coefficient (Wildman–Crippen LogP) is 1.80. The minimum absolute atomic E-state index is 0.148. The average Bonchev–Trinajstić information content (AvgIpc) is 3.03. The topological polar surface area (TPSA) is 82.5 Å². The number of nitrogens with zero attached hydrogens (tertiary/aromatic N) is 2. The molecule has 3 rings (SSSR count). The van der Waals surface area contributed by atoms with Crippen LogP contribution < -0.4 is 5.32 Å². The van der Waals surface area contributed by atoms with Crippen LogP contribution in [0.5, 0.6) is 0 Å². The van der Waals surface area contributed by atoms with Crippen LogP contribution in [0.2, 0.25) is 4.34 Å². The van der Waals surface area contributed by atoms with E-state index < -0.39 is 6.10 Å². The summed E-state index contributed by atoms with van der Waals surface area (Å²) in [7, 11) is 0. The molecule has 1 aliphatic heterocycles. The summed E-state index contributed by atoms with van der Waals surface area (Å²) < 4.78 is 0.554. The number of nitrogens with one attached hydrogen (secondary N) is 1. The molecule has 0 aliphatic carbocycles. The number of amides is 2. The van der Waals surface area contributed by atoms with Crippen molar-refractivity contribution in [2.45, 2.75) is 18.6 Å². The number of piperidine rings is 1. The molecule has 6 nitrogen and oxygen atoms in total. The Morgan fingerprint density at radius 3 is 2.67 bits per heavy atom. The number of hydrogen-bond acceptors (Lipinski definition) is 5. The zero-order valence-corrected chi connectivity index (χ0v) is 14.3. The Kier molecular flexibility index (Phi) is 5.13. The number of halogens is 1. The molecule has 0 bridgehead atoms. The molecule has 0 aromatic carbocycles. The van der Waals surface area contributed by atoms with Gasteiger partial charge in [-0.1, -0.05) is 11.6 Å². The molecule has 2 N–H and O–H groups in total. The fourth-order valence-electron chi connectivity index (χ4n) is 2.62. The summed E-state index contributed by atoms with van der Waals surface area (Å²) in [5, 5.41) is 13.1. The quantitative estimate of drug-likeness (QED) is 0.869. The number of carbonyl (C=O) groups is 2. The molecule has 2 unspecified atom stereocenters. The van der Waals surface area contributed by atoms with Gasteiger partial charge in [-0.15, -0.1) is 11.3 Å². The maximum absolute atomic E-state index is 12.4. The van der Waals surface area contributed by atoms with Crippen molar-refractivity contribution in [2.75, 3.05) is 13.1 Å². The zero-order valence-electron chi connectivity index (χ0n) is 12.7. The van der Waals surface area contributed by atoms with Crippen LogP contribution in [0, 0.1) is 0 Å². The van der Waals surface area contributed by atoms with Gasteiger partial charge in [0.25, 0.3) is 11.8 Å². The highest BCUT2D eigenvalue weighted by Crippen LogP contribution is 2.24. The number of carbonyl (C=O) groups excluding carboxylic acids is 2. The van der Waals surface area contributed by atoms with Crippen LogP contribution in [0.3, 0.4) is 0 Å². The number of β-amino-alcohol motifs (C(OH)–C–C–N with tert-alkyl or cyclic N) is 1. The minimum atomic E-state index is -0.816. The standard InChI is InChI=1S/C16H16ClN3O3S/c17-14-2-1-13(24-14)16(23)20-8-5-11(12(21)9-20)19-15(22)10-3-6-18-7-4-10/h1-4,6-7,11-12,21H,5,8-9H2,(H,19,22). The molecular formula is C16H16ClN3O3S. The molecule has 2 aromatic rings. The van der Waals surface area contributed by atoms with E-state index in [1.54, 1.807) is 41.6 Å². The number of rotatable bonds is 3. The van der Waals surface area contributed by atoms with Gasteiger partial charge in [0.05, 0.1) is 21.4 Å². The van der Waals surface area contributed by atoms with Crippen LogP contribution in [0.15, 0.2) is 36.7 Å². The number of likely N-dealkylation sites (tertiary alicyclic amines) is 1. The van der Waals surface area contributed by atoms with Crippen molar-refractivity contribution >= 4 is 34.8 Å². The highest BCUT2D eigenvalue weighted by atomic mass is 35.5. The molecule has 2 amide bonds. The summed E-state index contributed by atoms with van der Waals surface area (Å²) in [6.45, 7) is 0.641. The van der Waals surface area contributed by atoms with Crippen molar-refractivity contribution in [3.05, 3.63) is 51.4 Å². The predicted molar refractivity (Wildman–Crippen MR) is 91.3 cm³/mol. The highest BCUT2D eigenvalue weighted by Gasteiger charge is 2.32. The molecule has 8 heteroatoms. The third-order valence-corrected chi connectivity index (χ3v) is 5.13. The van der Waals surface area contributed by atoms with Gasteiger partial charge in [-0.05, 0) is 30.7 Å². The van der Waals surface area contributed by atoms with E-state index in [2.05, 4.69) is 10.3 Å². The van der Waals surface area contributed by atoms with Gasteiger partial charge in [0, 0.05) is 31.0 Å². The second kappa shape index (κ2) is 7.29. The van der Waals surface area contributed by atoms with E-state index in [4.69, 9.17) is 11.6 Å². The number of aliphatic hydroxyl groups excluding tert-OH is 1. The summed E-state index contributed by atoms with van der Waals surface area (Å²) in [5.74, 6) is -0.406. The van der Waals surface area contributed by atoms with E-state index in [1.165, 1.54) is 11.3 Å². The summed E-state index contributed by atoms with van der Waals surface area (Å²) >= 11 is 7.07. The van der Waals surface area contributed by atoms with Gasteiger partial charge in [0.15, 0.2) is 0 Å².